The van der Waals surface area contributed by atoms with Crippen LogP contribution in [0.5, 0.6) is 0 Å². The molecule has 1 aliphatic rings. The van der Waals surface area contributed by atoms with Crippen molar-refractivity contribution >= 4 is 0 Å². The van der Waals surface area contributed by atoms with Gasteiger partial charge in [-0.2, -0.15) is 0 Å². The van der Waals surface area contributed by atoms with Gasteiger partial charge in [0, 0.05) is 6.61 Å². The molecule has 0 aliphatic carbocycles. The van der Waals surface area contributed by atoms with Gasteiger partial charge in [0.05, 0.1) is 11.7 Å². The van der Waals surface area contributed by atoms with Crippen LogP contribution in [0.4, 0.5) is 0 Å². The van der Waals surface area contributed by atoms with Crippen molar-refractivity contribution in [2.75, 3.05) is 6.61 Å². The zero-order valence-electron chi connectivity index (χ0n) is 10.9. The van der Waals surface area contributed by atoms with Crippen molar-refractivity contribution in [1.29, 1.82) is 0 Å². The van der Waals surface area contributed by atoms with Crippen LogP contribution in [-0.2, 0) is 4.74 Å². The summed E-state index contributed by atoms with van der Waals surface area (Å²) in [5.74, 6) is 0.589. The summed E-state index contributed by atoms with van der Waals surface area (Å²) >= 11 is 0. The van der Waals surface area contributed by atoms with Crippen molar-refractivity contribution in [1.82, 2.24) is 0 Å². The van der Waals surface area contributed by atoms with Gasteiger partial charge in [0.15, 0.2) is 0 Å². The van der Waals surface area contributed by atoms with Crippen molar-refractivity contribution in [2.24, 2.45) is 5.92 Å². The molecule has 2 atom stereocenters. The van der Waals surface area contributed by atoms with E-state index in [1.165, 1.54) is 12.8 Å². The molecule has 1 aliphatic heterocycles. The van der Waals surface area contributed by atoms with Crippen LogP contribution in [0.15, 0.2) is 12.2 Å². The van der Waals surface area contributed by atoms with Crippen LogP contribution in [-0.4, -0.2) is 23.4 Å². The Bertz CT molecular complexity index is 209. The van der Waals surface area contributed by atoms with Crippen LogP contribution in [0.3, 0.4) is 0 Å². The summed E-state index contributed by atoms with van der Waals surface area (Å²) < 4.78 is 5.54. The van der Waals surface area contributed by atoms with E-state index in [9.17, 15) is 5.11 Å². The van der Waals surface area contributed by atoms with Gasteiger partial charge in [-0.05, 0) is 45.4 Å². The summed E-state index contributed by atoms with van der Waals surface area (Å²) in [6.07, 6.45) is 10.3. The molecular formula is C14H26O2. The minimum Gasteiger partial charge on any atom is -0.390 e. The highest BCUT2D eigenvalue weighted by Gasteiger charge is 2.13. The van der Waals surface area contributed by atoms with Gasteiger partial charge < -0.3 is 9.84 Å². The van der Waals surface area contributed by atoms with E-state index < -0.39 is 5.60 Å². The molecule has 1 heterocycles. The quantitative estimate of drug-likeness (QED) is 0.704. The molecule has 1 fully saturated rings. The maximum atomic E-state index is 9.60. The van der Waals surface area contributed by atoms with Gasteiger partial charge >= 0.3 is 0 Å². The maximum absolute atomic E-state index is 9.60. The smallest absolute Gasteiger partial charge is 0.0756 e. The molecule has 0 aromatic carbocycles. The normalized spacial score (nSPS) is 24.1. The first-order valence-corrected chi connectivity index (χ1v) is 6.50. The van der Waals surface area contributed by atoms with E-state index in [1.54, 1.807) is 0 Å². The second-order valence-electron chi connectivity index (χ2n) is 5.62. The molecule has 0 aromatic heterocycles. The van der Waals surface area contributed by atoms with Gasteiger partial charge in [0.1, 0.15) is 0 Å². The second-order valence-corrected chi connectivity index (χ2v) is 5.62. The van der Waals surface area contributed by atoms with Gasteiger partial charge in [0.25, 0.3) is 0 Å². The summed E-state index contributed by atoms with van der Waals surface area (Å²) in [5, 5.41) is 9.60. The number of allylic oxidation sites excluding steroid dienone is 1. The zero-order chi connectivity index (χ0) is 12.0. The maximum Gasteiger partial charge on any atom is 0.0756 e. The van der Waals surface area contributed by atoms with Crippen LogP contribution in [0.25, 0.3) is 0 Å². The first kappa shape index (κ1) is 13.7. The SMILES string of the molecule is CC(/C=C/C1CCCO1)CCCC(C)(C)O. The van der Waals surface area contributed by atoms with Gasteiger partial charge in [-0.1, -0.05) is 25.5 Å². The molecule has 2 heteroatoms. The molecule has 16 heavy (non-hydrogen) atoms. The lowest BCUT2D eigenvalue weighted by molar-refractivity contribution is 0.0675. The van der Waals surface area contributed by atoms with Crippen molar-refractivity contribution < 1.29 is 9.84 Å². The third-order valence-electron chi connectivity index (χ3n) is 3.07. The molecule has 0 spiro atoms. The number of rotatable bonds is 6. The largest absolute Gasteiger partial charge is 0.390 e. The summed E-state index contributed by atoms with van der Waals surface area (Å²) in [6.45, 7) is 6.90. The predicted molar refractivity (Wildman–Crippen MR) is 67.4 cm³/mol. The van der Waals surface area contributed by atoms with Crippen LogP contribution < -0.4 is 0 Å². The molecule has 0 aromatic rings. The lowest BCUT2D eigenvalue weighted by Crippen LogP contribution is -2.18. The van der Waals surface area contributed by atoms with Crippen LogP contribution in [0, 0.1) is 5.92 Å². The fourth-order valence-electron chi connectivity index (χ4n) is 2.02. The van der Waals surface area contributed by atoms with Crippen molar-refractivity contribution in [3.8, 4) is 0 Å². The summed E-state index contributed by atoms with van der Waals surface area (Å²) in [6, 6.07) is 0. The zero-order valence-corrected chi connectivity index (χ0v) is 10.9. The third kappa shape index (κ3) is 6.29. The Balaban J connectivity index is 2.12. The fraction of sp³-hybridized carbons (Fsp3) is 0.857. The Morgan fingerprint density at radius 1 is 1.50 bits per heavy atom. The number of ether oxygens (including phenoxy) is 1. The average molecular weight is 226 g/mol. The van der Waals surface area contributed by atoms with Crippen molar-refractivity contribution in [3.05, 3.63) is 12.2 Å². The van der Waals surface area contributed by atoms with E-state index in [1.807, 2.05) is 13.8 Å². The minimum atomic E-state index is -0.516. The highest BCUT2D eigenvalue weighted by Crippen LogP contribution is 2.18. The molecule has 0 bridgehead atoms. The molecule has 0 amide bonds. The van der Waals surface area contributed by atoms with Gasteiger partial charge in [-0.25, -0.2) is 0 Å². The molecular weight excluding hydrogens is 200 g/mol. The van der Waals surface area contributed by atoms with Crippen LogP contribution in [0.1, 0.15) is 52.9 Å². The van der Waals surface area contributed by atoms with Gasteiger partial charge in [-0.15, -0.1) is 0 Å². The highest BCUT2D eigenvalue weighted by molar-refractivity contribution is 4.94. The number of hydrogen-bond donors (Lipinski definition) is 1. The van der Waals surface area contributed by atoms with Crippen LogP contribution >= 0.6 is 0 Å². The van der Waals surface area contributed by atoms with Crippen molar-refractivity contribution in [2.45, 2.75) is 64.6 Å². The first-order valence-electron chi connectivity index (χ1n) is 6.50. The Kier molecular flexibility index (Phi) is 5.50. The topological polar surface area (TPSA) is 29.5 Å². The number of aliphatic hydroxyl groups is 1. The lowest BCUT2D eigenvalue weighted by atomic mass is 9.96. The Morgan fingerprint density at radius 3 is 2.81 bits per heavy atom. The lowest BCUT2D eigenvalue weighted by Gasteiger charge is -2.17. The monoisotopic (exact) mass is 226 g/mol. The molecule has 94 valence electrons. The minimum absolute atomic E-state index is 0.358. The molecule has 2 nitrogen and oxygen atoms in total. The molecule has 1 saturated heterocycles. The molecule has 2 unspecified atom stereocenters. The fourth-order valence-corrected chi connectivity index (χ4v) is 2.02. The Hall–Kier alpha value is -0.340. The summed E-state index contributed by atoms with van der Waals surface area (Å²) in [7, 11) is 0. The Morgan fingerprint density at radius 2 is 2.25 bits per heavy atom. The van der Waals surface area contributed by atoms with Gasteiger partial charge in [-0.3, -0.25) is 0 Å². The molecule has 1 N–H and O–H groups in total. The number of hydrogen-bond acceptors (Lipinski definition) is 2. The van der Waals surface area contributed by atoms with E-state index in [0.29, 0.717) is 12.0 Å². The van der Waals surface area contributed by atoms with Crippen molar-refractivity contribution in [3.63, 3.8) is 0 Å². The molecule has 1 rings (SSSR count). The average Bonchev–Trinajstić information content (AvgIpc) is 2.65. The van der Waals surface area contributed by atoms with E-state index >= 15 is 0 Å². The Labute approximate surface area is 99.7 Å². The van der Waals surface area contributed by atoms with E-state index in [-0.39, 0.29) is 0 Å². The first-order chi connectivity index (χ1) is 7.47. The summed E-state index contributed by atoms with van der Waals surface area (Å²) in [5.41, 5.74) is -0.516. The molecule has 0 saturated carbocycles. The van der Waals surface area contributed by atoms with E-state index in [4.69, 9.17) is 4.74 Å². The molecule has 0 radical (unpaired) electrons. The second kappa shape index (κ2) is 6.41. The van der Waals surface area contributed by atoms with Crippen LogP contribution in [0.2, 0.25) is 0 Å². The summed E-state index contributed by atoms with van der Waals surface area (Å²) in [4.78, 5) is 0. The highest BCUT2D eigenvalue weighted by atomic mass is 16.5. The van der Waals surface area contributed by atoms with Gasteiger partial charge in [0.2, 0.25) is 0 Å². The predicted octanol–water partition coefficient (Wildman–Crippen LogP) is 3.30. The third-order valence-corrected chi connectivity index (χ3v) is 3.07. The van der Waals surface area contributed by atoms with E-state index in [0.717, 1.165) is 25.9 Å². The standard InChI is InChI=1S/C14H26O2/c1-12(6-4-10-14(2,3)15)8-9-13-7-5-11-16-13/h8-9,12-13,15H,4-7,10-11H2,1-3H3/b9-8+. The van der Waals surface area contributed by atoms with E-state index in [2.05, 4.69) is 19.1 Å².